The van der Waals surface area contributed by atoms with Crippen molar-refractivity contribution in [2.24, 2.45) is 5.92 Å². The Labute approximate surface area is 212 Å². The molecule has 0 radical (unpaired) electrons. The minimum Gasteiger partial charge on any atom is -0.494 e. The van der Waals surface area contributed by atoms with E-state index in [-0.39, 0.29) is 5.91 Å². The van der Waals surface area contributed by atoms with Gasteiger partial charge in [0, 0.05) is 24.8 Å². The first-order chi connectivity index (χ1) is 17.3. The van der Waals surface area contributed by atoms with Gasteiger partial charge < -0.3 is 19.7 Å². The normalized spacial score (nSPS) is 17.4. The Hall–Kier alpha value is -3.81. The summed E-state index contributed by atoms with van der Waals surface area (Å²) in [6.07, 6.45) is 4.01. The number of nitrogens with zero attached hydrogens (tertiary/aromatic N) is 4. The Morgan fingerprint density at radius 2 is 1.89 bits per heavy atom. The number of ether oxygens (including phenoxy) is 2. The number of methoxy groups -OCH3 is 1. The monoisotopic (exact) mass is 487 g/mol. The SMILES string of the molecule is COc1cc(N2CCC(C)CC2)ccc1Nc1ncc2c(n1)N(Cc1ccccc1)C(=O)C(C)(C)O2. The van der Waals surface area contributed by atoms with E-state index in [2.05, 4.69) is 28.2 Å². The molecular weight excluding hydrogens is 454 g/mol. The topological polar surface area (TPSA) is 79.8 Å². The van der Waals surface area contributed by atoms with E-state index in [1.54, 1.807) is 32.1 Å². The van der Waals surface area contributed by atoms with Gasteiger partial charge in [-0.2, -0.15) is 4.98 Å². The third-order valence-corrected chi connectivity index (χ3v) is 6.88. The lowest BCUT2D eigenvalue weighted by atomic mass is 9.99. The van der Waals surface area contributed by atoms with Crippen molar-refractivity contribution in [3.63, 3.8) is 0 Å². The van der Waals surface area contributed by atoms with Crippen LogP contribution in [0.2, 0.25) is 0 Å². The highest BCUT2D eigenvalue weighted by molar-refractivity contribution is 6.01. The summed E-state index contributed by atoms with van der Waals surface area (Å²) in [5, 5.41) is 3.27. The zero-order chi connectivity index (χ0) is 25.3. The maximum atomic E-state index is 13.3. The number of nitrogens with one attached hydrogen (secondary N) is 1. The molecule has 0 saturated carbocycles. The van der Waals surface area contributed by atoms with Gasteiger partial charge in [0.1, 0.15) is 5.75 Å². The van der Waals surface area contributed by atoms with E-state index in [9.17, 15) is 4.79 Å². The van der Waals surface area contributed by atoms with Crippen molar-refractivity contribution in [2.45, 2.75) is 45.8 Å². The molecule has 1 fully saturated rings. The van der Waals surface area contributed by atoms with E-state index >= 15 is 0 Å². The first-order valence-electron chi connectivity index (χ1n) is 12.5. The molecule has 0 aliphatic carbocycles. The van der Waals surface area contributed by atoms with E-state index < -0.39 is 5.60 Å². The van der Waals surface area contributed by atoms with Crippen molar-refractivity contribution in [2.75, 3.05) is 35.3 Å². The summed E-state index contributed by atoms with van der Waals surface area (Å²) in [6.45, 7) is 8.32. The Morgan fingerprint density at radius 1 is 1.14 bits per heavy atom. The molecule has 1 saturated heterocycles. The molecule has 3 heterocycles. The molecule has 1 aromatic heterocycles. The summed E-state index contributed by atoms with van der Waals surface area (Å²) >= 11 is 0. The maximum absolute atomic E-state index is 13.3. The van der Waals surface area contributed by atoms with Gasteiger partial charge >= 0.3 is 0 Å². The fourth-order valence-corrected chi connectivity index (χ4v) is 4.71. The van der Waals surface area contributed by atoms with Crippen LogP contribution in [0.5, 0.6) is 11.5 Å². The van der Waals surface area contributed by atoms with Gasteiger partial charge in [0.2, 0.25) is 5.95 Å². The largest absolute Gasteiger partial charge is 0.494 e. The molecular formula is C28H33N5O3. The Kier molecular flexibility index (Phi) is 6.43. The predicted molar refractivity (Wildman–Crippen MR) is 141 cm³/mol. The van der Waals surface area contributed by atoms with Crippen molar-refractivity contribution in [1.29, 1.82) is 0 Å². The van der Waals surface area contributed by atoms with Crippen molar-refractivity contribution in [1.82, 2.24) is 9.97 Å². The molecule has 1 amide bonds. The Morgan fingerprint density at radius 3 is 2.61 bits per heavy atom. The Bertz CT molecular complexity index is 1240. The molecule has 8 heteroatoms. The van der Waals surface area contributed by atoms with E-state index in [1.807, 2.05) is 42.5 Å². The number of carbonyl (C=O) groups excluding carboxylic acids is 1. The molecule has 0 atom stereocenters. The molecule has 1 N–H and O–H groups in total. The van der Waals surface area contributed by atoms with Crippen LogP contribution in [-0.4, -0.2) is 41.7 Å². The molecule has 2 aliphatic rings. The highest BCUT2D eigenvalue weighted by Gasteiger charge is 2.42. The fraction of sp³-hybridized carbons (Fsp3) is 0.393. The summed E-state index contributed by atoms with van der Waals surface area (Å²) in [6, 6.07) is 16.0. The molecule has 0 unspecified atom stereocenters. The van der Waals surface area contributed by atoms with Crippen LogP contribution in [0.15, 0.2) is 54.7 Å². The van der Waals surface area contributed by atoms with Gasteiger partial charge in [0.25, 0.3) is 5.91 Å². The van der Waals surface area contributed by atoms with Crippen LogP contribution in [0.4, 0.5) is 23.1 Å². The zero-order valence-electron chi connectivity index (χ0n) is 21.3. The van der Waals surface area contributed by atoms with Gasteiger partial charge in [-0.3, -0.25) is 9.69 Å². The number of fused-ring (bicyclic) bond motifs is 1. The number of rotatable bonds is 6. The van der Waals surface area contributed by atoms with Gasteiger partial charge in [-0.05, 0) is 50.3 Å². The summed E-state index contributed by atoms with van der Waals surface area (Å²) < 4.78 is 11.7. The lowest BCUT2D eigenvalue weighted by Crippen LogP contribution is -2.52. The fourth-order valence-electron chi connectivity index (χ4n) is 4.71. The lowest BCUT2D eigenvalue weighted by molar-refractivity contribution is -0.133. The maximum Gasteiger partial charge on any atom is 0.272 e. The molecule has 36 heavy (non-hydrogen) atoms. The van der Waals surface area contributed by atoms with E-state index in [4.69, 9.17) is 14.5 Å². The molecule has 0 bridgehead atoms. The Balaban J connectivity index is 1.42. The van der Waals surface area contributed by atoms with E-state index in [0.29, 0.717) is 29.8 Å². The molecule has 2 aliphatic heterocycles. The number of hydrogen-bond donors (Lipinski definition) is 1. The van der Waals surface area contributed by atoms with Crippen molar-refractivity contribution < 1.29 is 14.3 Å². The number of carbonyl (C=O) groups is 1. The highest BCUT2D eigenvalue weighted by atomic mass is 16.5. The second kappa shape index (κ2) is 9.68. The van der Waals surface area contributed by atoms with Gasteiger partial charge in [0.15, 0.2) is 17.2 Å². The third-order valence-electron chi connectivity index (χ3n) is 6.88. The smallest absolute Gasteiger partial charge is 0.272 e. The number of benzene rings is 2. The van der Waals surface area contributed by atoms with Crippen LogP contribution >= 0.6 is 0 Å². The van der Waals surface area contributed by atoms with Crippen LogP contribution in [0.3, 0.4) is 0 Å². The van der Waals surface area contributed by atoms with Crippen LogP contribution in [0.25, 0.3) is 0 Å². The molecule has 3 aromatic rings. The second-order valence-electron chi connectivity index (χ2n) is 10.0. The van der Waals surface area contributed by atoms with E-state index in [1.165, 1.54) is 12.8 Å². The summed E-state index contributed by atoms with van der Waals surface area (Å²) in [5.41, 5.74) is 1.90. The van der Waals surface area contributed by atoms with Gasteiger partial charge in [-0.25, -0.2) is 4.98 Å². The number of anilines is 4. The minimum atomic E-state index is -1.01. The first-order valence-corrected chi connectivity index (χ1v) is 12.5. The molecule has 8 nitrogen and oxygen atoms in total. The predicted octanol–water partition coefficient (Wildman–Crippen LogP) is 5.17. The minimum absolute atomic E-state index is 0.152. The molecule has 5 rings (SSSR count). The third kappa shape index (κ3) is 4.80. The zero-order valence-corrected chi connectivity index (χ0v) is 21.3. The summed E-state index contributed by atoms with van der Waals surface area (Å²) in [5.74, 6) is 2.61. The number of aromatic nitrogens is 2. The van der Waals surface area contributed by atoms with Gasteiger partial charge in [-0.1, -0.05) is 37.3 Å². The number of amides is 1. The average molecular weight is 488 g/mol. The van der Waals surface area contributed by atoms with Crippen molar-refractivity contribution in [3.8, 4) is 11.5 Å². The molecule has 188 valence electrons. The van der Waals surface area contributed by atoms with Crippen molar-refractivity contribution in [3.05, 3.63) is 60.3 Å². The summed E-state index contributed by atoms with van der Waals surface area (Å²) in [7, 11) is 1.66. The second-order valence-corrected chi connectivity index (χ2v) is 10.0. The first kappa shape index (κ1) is 23.9. The van der Waals surface area contributed by atoms with Crippen LogP contribution in [0.1, 0.15) is 39.2 Å². The van der Waals surface area contributed by atoms with Crippen LogP contribution in [0, 0.1) is 5.92 Å². The number of hydrogen-bond acceptors (Lipinski definition) is 7. The van der Waals surface area contributed by atoms with E-state index in [0.717, 1.165) is 35.9 Å². The molecule has 0 spiro atoms. The summed E-state index contributed by atoms with van der Waals surface area (Å²) in [4.78, 5) is 26.5. The lowest BCUT2D eigenvalue weighted by Gasteiger charge is -2.37. The molecule has 2 aromatic carbocycles. The van der Waals surface area contributed by atoms with Crippen molar-refractivity contribution >= 4 is 29.0 Å². The average Bonchev–Trinajstić information content (AvgIpc) is 2.88. The van der Waals surface area contributed by atoms with Crippen LogP contribution < -0.4 is 24.6 Å². The van der Waals surface area contributed by atoms with Crippen LogP contribution in [-0.2, 0) is 11.3 Å². The highest BCUT2D eigenvalue weighted by Crippen LogP contribution is 2.38. The number of piperidine rings is 1. The quantitative estimate of drug-likeness (QED) is 0.514. The van der Waals surface area contributed by atoms with Gasteiger partial charge in [-0.15, -0.1) is 0 Å². The van der Waals surface area contributed by atoms with Gasteiger partial charge in [0.05, 0.1) is 25.5 Å². The standard InChI is InChI=1S/C28H33N5O3/c1-19-12-14-32(15-13-19)21-10-11-22(23(16-21)35-4)30-27-29-17-24-25(31-27)33(26(34)28(2,3)36-24)18-20-8-6-5-7-9-20/h5-11,16-17,19H,12-15,18H2,1-4H3,(H,29,30,31).